The first kappa shape index (κ1) is 23.8. The van der Waals surface area contributed by atoms with Crippen LogP contribution >= 0.6 is 0 Å². The minimum absolute atomic E-state index is 0.279. The molecule has 3 saturated heterocycles. The summed E-state index contributed by atoms with van der Waals surface area (Å²) in [5, 5.41) is 3.01. The molecule has 0 aliphatic carbocycles. The fraction of sp³-hybridized carbons (Fsp3) is 0.560. The summed E-state index contributed by atoms with van der Waals surface area (Å²) in [6.45, 7) is 9.24. The van der Waals surface area contributed by atoms with E-state index in [9.17, 15) is 4.79 Å². The first-order chi connectivity index (χ1) is 17.2. The van der Waals surface area contributed by atoms with Gasteiger partial charge in [-0.3, -0.25) is 9.69 Å². The van der Waals surface area contributed by atoms with Crippen LogP contribution < -0.4 is 19.9 Å². The fourth-order valence-electron chi connectivity index (χ4n) is 4.56. The molecule has 2 aromatic rings. The number of carbonyl (C=O) groups excluding carboxylic acids is 1. The van der Waals surface area contributed by atoms with Gasteiger partial charge in [0.1, 0.15) is 12.3 Å². The Balaban J connectivity index is 1.30. The molecule has 3 aliphatic heterocycles. The molecule has 1 amide bonds. The lowest BCUT2D eigenvalue weighted by Crippen LogP contribution is -2.39. The molecule has 0 radical (unpaired) electrons. The Morgan fingerprint density at radius 2 is 1.66 bits per heavy atom. The number of nitrogens with zero attached hydrogens (tertiary/aromatic N) is 5. The van der Waals surface area contributed by atoms with Crippen LogP contribution in [-0.2, 0) is 9.47 Å². The monoisotopic (exact) mass is 482 g/mol. The summed E-state index contributed by atoms with van der Waals surface area (Å²) in [7, 11) is 0. The number of ether oxygens (including phenoxy) is 3. The van der Waals surface area contributed by atoms with Crippen molar-refractivity contribution in [3.63, 3.8) is 0 Å². The molecule has 4 heterocycles. The third-order valence-corrected chi connectivity index (χ3v) is 6.55. The summed E-state index contributed by atoms with van der Waals surface area (Å²) in [5.41, 5.74) is 2.17. The van der Waals surface area contributed by atoms with Gasteiger partial charge in [0, 0.05) is 63.3 Å². The van der Waals surface area contributed by atoms with Crippen LogP contribution in [0.3, 0.4) is 0 Å². The average molecular weight is 483 g/mol. The Kier molecular flexibility index (Phi) is 7.92. The number of rotatable bonds is 8. The van der Waals surface area contributed by atoms with E-state index in [2.05, 4.69) is 31.2 Å². The minimum atomic E-state index is -0.279. The highest BCUT2D eigenvalue weighted by atomic mass is 16.5. The zero-order valence-corrected chi connectivity index (χ0v) is 20.2. The van der Waals surface area contributed by atoms with E-state index in [1.54, 1.807) is 6.07 Å². The third kappa shape index (κ3) is 6.39. The molecule has 188 valence electrons. The van der Waals surface area contributed by atoms with Crippen LogP contribution in [0.5, 0.6) is 5.88 Å². The zero-order chi connectivity index (χ0) is 23.9. The molecule has 3 aliphatic rings. The molecule has 1 N–H and O–H groups in total. The van der Waals surface area contributed by atoms with Crippen molar-refractivity contribution in [2.24, 2.45) is 0 Å². The first-order valence-corrected chi connectivity index (χ1v) is 12.6. The SMILES string of the molecule is O=C(Nc1cccc(N2CCCC2)c1)c1cc(OCCN2CCOCC2)nc(N2CCOCC2)n1. The van der Waals surface area contributed by atoms with Gasteiger partial charge in [0.15, 0.2) is 0 Å². The lowest BCUT2D eigenvalue weighted by Gasteiger charge is -2.27. The van der Waals surface area contributed by atoms with Gasteiger partial charge < -0.3 is 29.3 Å². The topological polar surface area (TPSA) is 92.3 Å². The van der Waals surface area contributed by atoms with Crippen LogP contribution in [-0.4, -0.2) is 99.6 Å². The summed E-state index contributed by atoms with van der Waals surface area (Å²) in [6, 6.07) is 9.61. The maximum atomic E-state index is 13.2. The Hall–Kier alpha value is -2.95. The van der Waals surface area contributed by atoms with E-state index < -0.39 is 0 Å². The Morgan fingerprint density at radius 3 is 2.43 bits per heavy atom. The lowest BCUT2D eigenvalue weighted by molar-refractivity contribution is 0.0320. The van der Waals surface area contributed by atoms with Gasteiger partial charge in [-0.1, -0.05) is 6.07 Å². The molecule has 5 rings (SSSR count). The maximum Gasteiger partial charge on any atom is 0.274 e. The van der Waals surface area contributed by atoms with Gasteiger partial charge in [-0.15, -0.1) is 0 Å². The molecule has 1 aromatic carbocycles. The van der Waals surface area contributed by atoms with Crippen LogP contribution in [0.2, 0.25) is 0 Å². The predicted molar refractivity (Wildman–Crippen MR) is 134 cm³/mol. The van der Waals surface area contributed by atoms with Crippen molar-refractivity contribution in [3.8, 4) is 5.88 Å². The van der Waals surface area contributed by atoms with E-state index in [0.717, 1.165) is 57.3 Å². The number of aromatic nitrogens is 2. The van der Waals surface area contributed by atoms with Crippen molar-refractivity contribution in [3.05, 3.63) is 36.0 Å². The summed E-state index contributed by atoms with van der Waals surface area (Å²) < 4.78 is 16.9. The van der Waals surface area contributed by atoms with Gasteiger partial charge in [0.2, 0.25) is 11.8 Å². The normalized spacial score (nSPS) is 19.1. The highest BCUT2D eigenvalue weighted by Crippen LogP contribution is 2.24. The lowest BCUT2D eigenvalue weighted by atomic mass is 10.2. The predicted octanol–water partition coefficient (Wildman–Crippen LogP) is 1.88. The molecule has 1 aromatic heterocycles. The maximum absolute atomic E-state index is 13.2. The summed E-state index contributed by atoms with van der Waals surface area (Å²) in [4.78, 5) is 29.1. The second kappa shape index (κ2) is 11.7. The minimum Gasteiger partial charge on any atom is -0.476 e. The van der Waals surface area contributed by atoms with Crippen molar-refractivity contribution in [1.82, 2.24) is 14.9 Å². The first-order valence-electron chi connectivity index (χ1n) is 12.6. The van der Waals surface area contributed by atoms with E-state index in [0.29, 0.717) is 44.7 Å². The third-order valence-electron chi connectivity index (χ3n) is 6.55. The molecule has 0 saturated carbocycles. The summed E-state index contributed by atoms with van der Waals surface area (Å²) in [5.74, 6) is 0.623. The van der Waals surface area contributed by atoms with Gasteiger partial charge >= 0.3 is 0 Å². The van der Waals surface area contributed by atoms with Gasteiger partial charge in [-0.05, 0) is 31.0 Å². The molecule has 10 nitrogen and oxygen atoms in total. The number of nitrogens with one attached hydrogen (secondary N) is 1. The van der Waals surface area contributed by atoms with Crippen molar-refractivity contribution in [1.29, 1.82) is 0 Å². The number of carbonyl (C=O) groups is 1. The van der Waals surface area contributed by atoms with E-state index in [1.807, 2.05) is 23.1 Å². The number of amides is 1. The quantitative estimate of drug-likeness (QED) is 0.605. The molecule has 0 bridgehead atoms. The average Bonchev–Trinajstić information content (AvgIpc) is 3.45. The van der Waals surface area contributed by atoms with E-state index in [1.165, 1.54) is 12.8 Å². The summed E-state index contributed by atoms with van der Waals surface area (Å²) >= 11 is 0. The molecule has 0 atom stereocenters. The van der Waals surface area contributed by atoms with Crippen LogP contribution in [0.15, 0.2) is 30.3 Å². The Bertz CT molecular complexity index is 988. The molecular formula is C25H34N6O4. The molecule has 3 fully saturated rings. The van der Waals surface area contributed by atoms with Gasteiger partial charge in [-0.2, -0.15) is 4.98 Å². The van der Waals surface area contributed by atoms with Crippen molar-refractivity contribution in [2.45, 2.75) is 12.8 Å². The van der Waals surface area contributed by atoms with Crippen LogP contribution in [0, 0.1) is 0 Å². The second-order valence-corrected chi connectivity index (χ2v) is 8.99. The molecule has 0 spiro atoms. The van der Waals surface area contributed by atoms with Gasteiger partial charge in [0.05, 0.1) is 26.4 Å². The zero-order valence-electron chi connectivity index (χ0n) is 20.2. The van der Waals surface area contributed by atoms with Crippen LogP contribution in [0.1, 0.15) is 23.3 Å². The largest absolute Gasteiger partial charge is 0.476 e. The van der Waals surface area contributed by atoms with Crippen molar-refractivity contribution >= 4 is 23.2 Å². The molecule has 35 heavy (non-hydrogen) atoms. The van der Waals surface area contributed by atoms with Crippen LogP contribution in [0.25, 0.3) is 0 Å². The van der Waals surface area contributed by atoms with Gasteiger partial charge in [-0.25, -0.2) is 4.98 Å². The van der Waals surface area contributed by atoms with E-state index in [-0.39, 0.29) is 11.6 Å². The number of anilines is 3. The smallest absolute Gasteiger partial charge is 0.274 e. The highest BCUT2D eigenvalue weighted by molar-refractivity contribution is 6.03. The van der Waals surface area contributed by atoms with Crippen LogP contribution in [0.4, 0.5) is 17.3 Å². The fourth-order valence-corrected chi connectivity index (χ4v) is 4.56. The number of benzene rings is 1. The number of morpholine rings is 2. The Labute approximate surface area is 206 Å². The highest BCUT2D eigenvalue weighted by Gasteiger charge is 2.20. The molecule has 0 unspecified atom stereocenters. The number of hydrogen-bond acceptors (Lipinski definition) is 9. The standard InChI is InChI=1S/C25H34N6O4/c32-24(26-20-4-3-5-21(18-20)30-6-1-2-7-30)22-19-23(35-17-10-29-8-13-33-14-9-29)28-25(27-22)31-11-15-34-16-12-31/h3-5,18-19H,1-2,6-17H2,(H,26,32). The second-order valence-electron chi connectivity index (χ2n) is 8.99. The van der Waals surface area contributed by atoms with E-state index >= 15 is 0 Å². The summed E-state index contributed by atoms with van der Waals surface area (Å²) in [6.07, 6.45) is 2.41. The Morgan fingerprint density at radius 1 is 0.914 bits per heavy atom. The number of hydrogen-bond donors (Lipinski definition) is 1. The molecular weight excluding hydrogens is 448 g/mol. The van der Waals surface area contributed by atoms with Crippen molar-refractivity contribution in [2.75, 3.05) is 94.0 Å². The van der Waals surface area contributed by atoms with Crippen molar-refractivity contribution < 1.29 is 19.0 Å². The van der Waals surface area contributed by atoms with E-state index in [4.69, 9.17) is 14.2 Å². The molecule has 10 heteroatoms. The van der Waals surface area contributed by atoms with Gasteiger partial charge in [0.25, 0.3) is 5.91 Å².